The summed E-state index contributed by atoms with van der Waals surface area (Å²) in [7, 11) is 0. The highest BCUT2D eigenvalue weighted by molar-refractivity contribution is 6.30. The van der Waals surface area contributed by atoms with E-state index in [2.05, 4.69) is 0 Å². The van der Waals surface area contributed by atoms with Gasteiger partial charge in [-0.2, -0.15) is 0 Å². The van der Waals surface area contributed by atoms with Crippen molar-refractivity contribution >= 4 is 29.2 Å². The van der Waals surface area contributed by atoms with Gasteiger partial charge in [-0.1, -0.05) is 79.2 Å². The van der Waals surface area contributed by atoms with Crippen LogP contribution in [0.4, 0.5) is 0 Å². The lowest BCUT2D eigenvalue weighted by atomic mass is 9.92. The molecule has 9 nitrogen and oxygen atoms in total. The molecule has 0 saturated heterocycles. The minimum Gasteiger partial charge on any atom is -0.508 e. The van der Waals surface area contributed by atoms with Gasteiger partial charge in [0.15, 0.2) is 11.6 Å². The number of allylic oxidation sites excluding steroid dienone is 1. The van der Waals surface area contributed by atoms with Crippen LogP contribution in [0.3, 0.4) is 0 Å². The second kappa shape index (κ2) is 16.1. The predicted octanol–water partition coefficient (Wildman–Crippen LogP) is 7.80. The standard InChI is InChI=1S/C22H18O5.C16H15ClO4/c23-17-12-20(25)22(21(26)13-17)19(24)11-8-15-6-9-18(10-7-15)27-14-16-4-2-1-3-5-16;1-9(6-10-2-4-11(17)5-3-10)16(21)15-13(19)7-12(18)8-14(15)20/h1-13,23,25-26H,14H2;2-5,7-9,18-20H,6H2,1H3/b11-8+;. The van der Waals surface area contributed by atoms with Gasteiger partial charge >= 0.3 is 0 Å². The number of carbonyl (C=O) groups excluding carboxylic acids is 2. The number of halogens is 1. The van der Waals surface area contributed by atoms with Gasteiger partial charge in [0.25, 0.3) is 0 Å². The molecule has 0 aromatic heterocycles. The second-order valence-corrected chi connectivity index (χ2v) is 11.3. The smallest absolute Gasteiger partial charge is 0.193 e. The molecule has 0 heterocycles. The maximum atomic E-state index is 12.3. The zero-order valence-corrected chi connectivity index (χ0v) is 26.5. The average Bonchev–Trinajstić information content (AvgIpc) is 3.04. The van der Waals surface area contributed by atoms with Crippen molar-refractivity contribution in [3.63, 3.8) is 0 Å². The fourth-order valence-corrected chi connectivity index (χ4v) is 4.81. The van der Waals surface area contributed by atoms with Crippen molar-refractivity contribution in [3.8, 4) is 40.2 Å². The molecule has 0 radical (unpaired) electrons. The van der Waals surface area contributed by atoms with E-state index in [0.29, 0.717) is 23.8 Å². The van der Waals surface area contributed by atoms with E-state index in [-0.39, 0.29) is 28.4 Å². The number of rotatable bonds is 10. The third-order valence-electron chi connectivity index (χ3n) is 7.11. The molecule has 1 atom stereocenters. The molecule has 0 bridgehead atoms. The van der Waals surface area contributed by atoms with E-state index < -0.39 is 34.7 Å². The predicted molar refractivity (Wildman–Crippen MR) is 182 cm³/mol. The number of hydrogen-bond acceptors (Lipinski definition) is 9. The molecule has 0 saturated carbocycles. The number of ether oxygens (including phenoxy) is 1. The molecule has 0 spiro atoms. The Labute approximate surface area is 281 Å². The van der Waals surface area contributed by atoms with Gasteiger partial charge in [0.05, 0.1) is 0 Å². The number of phenolic OH excluding ortho intramolecular Hbond substituents is 6. The Hall–Kier alpha value is -5.93. The van der Waals surface area contributed by atoms with Crippen molar-refractivity contribution in [2.75, 3.05) is 0 Å². The number of Topliss-reactive ketones (excluding diaryl/α,β-unsaturated/α-hetero) is 1. The van der Waals surface area contributed by atoms with Gasteiger partial charge in [0.2, 0.25) is 0 Å². The van der Waals surface area contributed by atoms with E-state index in [0.717, 1.165) is 41.0 Å². The number of benzene rings is 5. The van der Waals surface area contributed by atoms with Crippen molar-refractivity contribution in [2.24, 2.45) is 5.92 Å². The first-order valence-electron chi connectivity index (χ1n) is 14.7. The van der Waals surface area contributed by atoms with Gasteiger partial charge in [-0.05, 0) is 53.5 Å². The summed E-state index contributed by atoms with van der Waals surface area (Å²) in [5, 5.41) is 58.1. The maximum absolute atomic E-state index is 12.3. The van der Waals surface area contributed by atoms with Gasteiger partial charge < -0.3 is 35.4 Å². The van der Waals surface area contributed by atoms with Crippen LogP contribution in [0.25, 0.3) is 6.08 Å². The maximum Gasteiger partial charge on any atom is 0.193 e. The molecule has 0 fully saturated rings. The average molecular weight is 669 g/mol. The second-order valence-electron chi connectivity index (χ2n) is 10.9. The van der Waals surface area contributed by atoms with Crippen molar-refractivity contribution < 1.29 is 45.0 Å². The summed E-state index contributed by atoms with van der Waals surface area (Å²) in [5.74, 6) is -3.14. The van der Waals surface area contributed by atoms with Crippen LogP contribution in [0.2, 0.25) is 5.02 Å². The molecule has 0 aliphatic carbocycles. The van der Waals surface area contributed by atoms with E-state index in [4.69, 9.17) is 16.3 Å². The molecule has 5 aromatic rings. The van der Waals surface area contributed by atoms with Crippen LogP contribution in [0, 0.1) is 5.92 Å². The summed E-state index contributed by atoms with van der Waals surface area (Å²) in [6.07, 6.45) is 3.26. The van der Waals surface area contributed by atoms with Gasteiger partial charge in [0, 0.05) is 35.2 Å². The summed E-state index contributed by atoms with van der Waals surface area (Å²) in [6.45, 7) is 2.18. The lowest BCUT2D eigenvalue weighted by molar-refractivity contribution is 0.0923. The van der Waals surface area contributed by atoms with Crippen molar-refractivity contribution in [1.29, 1.82) is 0 Å². The molecule has 0 aliphatic heterocycles. The molecule has 10 heteroatoms. The minimum absolute atomic E-state index is 0.172. The number of ketones is 2. The molecular formula is C38H33ClO9. The SMILES string of the molecule is CC(Cc1ccc(Cl)cc1)C(=O)c1c(O)cc(O)cc1O.O=C(/C=C/c1ccc(OCc2ccccc2)cc1)c1c(O)cc(O)cc1O. The summed E-state index contributed by atoms with van der Waals surface area (Å²) < 4.78 is 5.70. The van der Waals surface area contributed by atoms with Crippen LogP contribution in [-0.2, 0) is 13.0 Å². The summed E-state index contributed by atoms with van der Waals surface area (Å²) in [4.78, 5) is 24.5. The first kappa shape index (κ1) is 34.9. The number of hydrogen-bond donors (Lipinski definition) is 6. The van der Waals surface area contributed by atoms with Crippen LogP contribution in [-0.4, -0.2) is 42.2 Å². The quantitative estimate of drug-likeness (QED) is 0.0643. The fourth-order valence-electron chi connectivity index (χ4n) is 4.68. The lowest BCUT2D eigenvalue weighted by Gasteiger charge is -2.13. The summed E-state index contributed by atoms with van der Waals surface area (Å²) >= 11 is 5.81. The Morgan fingerprint density at radius 1 is 0.688 bits per heavy atom. The Morgan fingerprint density at radius 3 is 1.75 bits per heavy atom. The monoisotopic (exact) mass is 668 g/mol. The number of phenols is 6. The van der Waals surface area contributed by atoms with Crippen molar-refractivity contribution in [2.45, 2.75) is 20.0 Å². The lowest BCUT2D eigenvalue weighted by Crippen LogP contribution is -2.14. The Morgan fingerprint density at radius 2 is 1.21 bits per heavy atom. The van der Waals surface area contributed by atoms with E-state index in [1.165, 1.54) is 6.08 Å². The van der Waals surface area contributed by atoms with Gasteiger partial charge in [-0.25, -0.2) is 0 Å². The molecule has 48 heavy (non-hydrogen) atoms. The molecular weight excluding hydrogens is 636 g/mol. The van der Waals surface area contributed by atoms with Gasteiger partial charge in [-0.15, -0.1) is 0 Å². The van der Waals surface area contributed by atoms with E-state index in [1.807, 2.05) is 42.5 Å². The summed E-state index contributed by atoms with van der Waals surface area (Å²) in [5.41, 5.74) is 2.33. The minimum atomic E-state index is -0.575. The molecule has 5 aromatic carbocycles. The van der Waals surface area contributed by atoms with Gasteiger partial charge in [-0.3, -0.25) is 9.59 Å². The largest absolute Gasteiger partial charge is 0.508 e. The van der Waals surface area contributed by atoms with E-state index in [1.54, 1.807) is 49.4 Å². The van der Waals surface area contributed by atoms with Crippen molar-refractivity contribution in [3.05, 3.63) is 142 Å². The van der Waals surface area contributed by atoms with Crippen LogP contribution in [0.5, 0.6) is 40.2 Å². The highest BCUT2D eigenvalue weighted by atomic mass is 35.5. The molecule has 6 N–H and O–H groups in total. The number of aromatic hydroxyl groups is 6. The van der Waals surface area contributed by atoms with Gasteiger partial charge in [0.1, 0.15) is 58.0 Å². The van der Waals surface area contributed by atoms with Crippen LogP contribution >= 0.6 is 11.6 Å². The third-order valence-corrected chi connectivity index (χ3v) is 7.37. The van der Waals surface area contributed by atoms with E-state index >= 15 is 0 Å². The topological polar surface area (TPSA) is 165 Å². The highest BCUT2D eigenvalue weighted by Gasteiger charge is 2.23. The van der Waals surface area contributed by atoms with Crippen molar-refractivity contribution in [1.82, 2.24) is 0 Å². The molecule has 246 valence electrons. The number of carbonyl (C=O) groups is 2. The molecule has 5 rings (SSSR count). The Kier molecular flexibility index (Phi) is 11.7. The van der Waals surface area contributed by atoms with Crippen LogP contribution in [0.1, 0.15) is 44.3 Å². The van der Waals surface area contributed by atoms with Crippen LogP contribution in [0.15, 0.2) is 109 Å². The zero-order valence-electron chi connectivity index (χ0n) is 25.7. The summed E-state index contributed by atoms with van der Waals surface area (Å²) in [6, 6.07) is 28.2. The zero-order chi connectivity index (χ0) is 34.8. The highest BCUT2D eigenvalue weighted by Crippen LogP contribution is 2.35. The fraction of sp³-hybridized carbons (Fsp3) is 0.105. The normalized spacial score (nSPS) is 11.4. The molecule has 0 aliphatic rings. The third kappa shape index (κ3) is 9.54. The Bertz CT molecular complexity index is 1860. The Balaban J connectivity index is 0.000000224. The van der Waals surface area contributed by atoms with E-state index in [9.17, 15) is 40.2 Å². The molecule has 0 amide bonds. The first-order chi connectivity index (χ1) is 22.9. The molecule has 1 unspecified atom stereocenters. The van der Waals surface area contributed by atoms with Crippen LogP contribution < -0.4 is 4.74 Å². The first-order valence-corrected chi connectivity index (χ1v) is 15.1.